The molecule has 4 N–H and O–H groups in total. The van der Waals surface area contributed by atoms with Gasteiger partial charge in [0.15, 0.2) is 0 Å². The molecule has 6 rings (SSSR count). The summed E-state index contributed by atoms with van der Waals surface area (Å²) in [5.41, 5.74) is 5.75. The molecule has 4 heterocycles. The quantitative estimate of drug-likeness (QED) is 0.0935. The molecule has 14 heteroatoms. The number of likely N-dealkylation sites (N-methyl/N-ethyl adjacent to an activating group) is 1. The number of ether oxygens (including phenoxy) is 1. The third-order valence-corrected chi connectivity index (χ3v) is 12.3. The highest BCUT2D eigenvalue weighted by molar-refractivity contribution is 5.87. The average Bonchev–Trinajstić information content (AvgIpc) is 4.09. The molecule has 0 spiro atoms. The summed E-state index contributed by atoms with van der Waals surface area (Å²) in [7, 11) is 2.80. The molecule has 4 amide bonds. The summed E-state index contributed by atoms with van der Waals surface area (Å²) in [5.74, 6) is 1.09. The van der Waals surface area contributed by atoms with Gasteiger partial charge in [-0.1, -0.05) is 102 Å². The number of amides is 4. The highest BCUT2D eigenvalue weighted by Crippen LogP contribution is 2.36. The van der Waals surface area contributed by atoms with Gasteiger partial charge in [0.1, 0.15) is 23.7 Å². The Labute approximate surface area is 340 Å². The van der Waals surface area contributed by atoms with Crippen molar-refractivity contribution in [3.05, 3.63) is 72.6 Å². The Bertz CT molecular complexity index is 2020. The highest BCUT2D eigenvalue weighted by atomic mass is 16.5. The lowest BCUT2D eigenvalue weighted by Gasteiger charge is -2.35. The monoisotopic (exact) mass is 794 g/mol. The standard InChI is InChI=1S/C44H58N8O6/c1-7-27(8-2)37(49-43(55)58-6)41(53)51-23-11-13-35(51)39-45-25-33(47-39)31-19-15-29(16-20-31)30-17-21-32(22-18-30)34-26-46-40(48-34)36-14-12-24-52(36)42(54)38(28(9-3)10-4)50(5)44(56)57/h15-22,25-28,35-38H,7-14,23-24H2,1-6H3,(H,45,47)(H,46,48)(H,49,55)(H,56,57)/t35-,36-,37-,38-/m0/s1. The number of likely N-dealkylation sites (tertiary alicyclic amines) is 2. The number of nitrogens with zero attached hydrogens (tertiary/aromatic N) is 5. The zero-order chi connectivity index (χ0) is 41.5. The smallest absolute Gasteiger partial charge is 0.407 e. The van der Waals surface area contributed by atoms with Crippen molar-refractivity contribution in [3.63, 3.8) is 0 Å². The Morgan fingerprint density at radius 1 is 0.741 bits per heavy atom. The van der Waals surface area contributed by atoms with Crippen LogP contribution in [0.5, 0.6) is 0 Å². The lowest BCUT2D eigenvalue weighted by molar-refractivity contribution is -0.139. The van der Waals surface area contributed by atoms with Gasteiger partial charge in [0.2, 0.25) is 11.8 Å². The van der Waals surface area contributed by atoms with E-state index in [4.69, 9.17) is 14.7 Å². The number of nitrogens with one attached hydrogen (secondary N) is 3. The largest absolute Gasteiger partial charge is 0.465 e. The molecule has 0 radical (unpaired) electrons. The lowest BCUT2D eigenvalue weighted by atomic mass is 9.92. The molecule has 2 aromatic carbocycles. The van der Waals surface area contributed by atoms with Crippen molar-refractivity contribution in [2.45, 2.75) is 103 Å². The number of hydrogen-bond acceptors (Lipinski definition) is 7. The second kappa shape index (κ2) is 18.7. The molecule has 0 unspecified atom stereocenters. The SMILES string of the molecule is CCC(CC)[C@H](NC(=O)OC)C(=O)N1CCC[C@H]1c1ncc(-c2ccc(-c3ccc(-c4cnc([C@@H]5CCCN5C(=O)[C@H](C(CC)CC)N(C)C(=O)O)[nH]4)cc3)cc2)[nH]1. The van der Waals surface area contributed by atoms with Crippen LogP contribution in [0.15, 0.2) is 60.9 Å². The van der Waals surface area contributed by atoms with Gasteiger partial charge in [0, 0.05) is 20.1 Å². The van der Waals surface area contributed by atoms with Crippen LogP contribution in [-0.2, 0) is 14.3 Å². The first kappa shape index (κ1) is 42.0. The van der Waals surface area contributed by atoms with Crippen molar-refractivity contribution in [3.8, 4) is 33.6 Å². The molecule has 0 bridgehead atoms. The number of rotatable bonds is 15. The van der Waals surface area contributed by atoms with E-state index in [0.29, 0.717) is 31.8 Å². The van der Waals surface area contributed by atoms with Gasteiger partial charge >= 0.3 is 12.2 Å². The normalized spacial score (nSPS) is 17.8. The Kier molecular flexibility index (Phi) is 13.6. The van der Waals surface area contributed by atoms with E-state index in [0.717, 1.165) is 78.0 Å². The van der Waals surface area contributed by atoms with Crippen LogP contribution >= 0.6 is 0 Å². The molecule has 2 aliphatic rings. The summed E-state index contributed by atoms with van der Waals surface area (Å²) >= 11 is 0. The zero-order valence-electron chi connectivity index (χ0n) is 34.5. The first-order chi connectivity index (χ1) is 28.0. The van der Waals surface area contributed by atoms with Gasteiger partial charge in [-0.05, 0) is 59.8 Å². The average molecular weight is 795 g/mol. The molecule has 4 aromatic rings. The Hall–Kier alpha value is -5.66. The first-order valence-corrected chi connectivity index (χ1v) is 20.7. The maximum absolute atomic E-state index is 13.9. The van der Waals surface area contributed by atoms with E-state index in [2.05, 4.69) is 51.7 Å². The van der Waals surface area contributed by atoms with Crippen LogP contribution in [0.3, 0.4) is 0 Å². The van der Waals surface area contributed by atoms with E-state index in [9.17, 15) is 24.3 Å². The van der Waals surface area contributed by atoms with Crippen LogP contribution in [0.4, 0.5) is 9.59 Å². The maximum atomic E-state index is 13.9. The second-order valence-corrected chi connectivity index (χ2v) is 15.5. The fourth-order valence-corrected chi connectivity index (χ4v) is 8.83. The number of aromatic nitrogens is 4. The second-order valence-electron chi connectivity index (χ2n) is 15.5. The van der Waals surface area contributed by atoms with Gasteiger partial charge in [-0.2, -0.15) is 0 Å². The molecule has 2 aliphatic heterocycles. The van der Waals surface area contributed by atoms with Crippen LogP contribution in [0, 0.1) is 11.8 Å². The van der Waals surface area contributed by atoms with Crippen LogP contribution in [-0.4, -0.2) is 103 Å². The van der Waals surface area contributed by atoms with E-state index in [1.165, 1.54) is 19.1 Å². The topological polar surface area (TPSA) is 177 Å². The zero-order valence-corrected chi connectivity index (χ0v) is 34.5. The van der Waals surface area contributed by atoms with Crippen molar-refractivity contribution >= 4 is 24.0 Å². The fourth-order valence-electron chi connectivity index (χ4n) is 8.83. The fraction of sp³-hybridized carbons (Fsp3) is 0.500. The van der Waals surface area contributed by atoms with E-state index in [1.54, 1.807) is 6.20 Å². The summed E-state index contributed by atoms with van der Waals surface area (Å²) in [6, 6.07) is 14.6. The van der Waals surface area contributed by atoms with Crippen LogP contribution in [0.2, 0.25) is 0 Å². The third-order valence-electron chi connectivity index (χ3n) is 12.3. The number of aromatic amines is 2. The highest BCUT2D eigenvalue weighted by Gasteiger charge is 2.41. The molecule has 2 aromatic heterocycles. The molecule has 0 aliphatic carbocycles. The summed E-state index contributed by atoms with van der Waals surface area (Å²) in [5, 5.41) is 12.6. The van der Waals surface area contributed by atoms with Crippen LogP contribution < -0.4 is 5.32 Å². The predicted molar refractivity (Wildman–Crippen MR) is 221 cm³/mol. The molecular weight excluding hydrogens is 737 g/mol. The van der Waals surface area contributed by atoms with E-state index in [-0.39, 0.29) is 35.7 Å². The number of benzene rings is 2. The molecule has 2 fully saturated rings. The number of carboxylic acid groups (broad SMARTS) is 1. The van der Waals surface area contributed by atoms with Gasteiger partial charge in [-0.3, -0.25) is 14.5 Å². The van der Waals surface area contributed by atoms with Crippen molar-refractivity contribution in [2.75, 3.05) is 27.2 Å². The molecule has 14 nitrogen and oxygen atoms in total. The summed E-state index contributed by atoms with van der Waals surface area (Å²) < 4.78 is 4.84. The minimum Gasteiger partial charge on any atom is -0.465 e. The molecule has 4 atom stereocenters. The van der Waals surface area contributed by atoms with Gasteiger partial charge < -0.3 is 34.9 Å². The summed E-state index contributed by atoms with van der Waals surface area (Å²) in [6.07, 6.45) is 8.05. The number of carbonyl (C=O) groups is 4. The number of H-pyrrole nitrogens is 2. The van der Waals surface area contributed by atoms with Crippen molar-refractivity contribution in [1.29, 1.82) is 0 Å². The van der Waals surface area contributed by atoms with E-state index >= 15 is 0 Å². The molecule has 0 saturated carbocycles. The van der Waals surface area contributed by atoms with E-state index < -0.39 is 24.3 Å². The van der Waals surface area contributed by atoms with E-state index in [1.807, 2.05) is 55.8 Å². The van der Waals surface area contributed by atoms with Crippen molar-refractivity contribution in [1.82, 2.24) is 40.0 Å². The predicted octanol–water partition coefficient (Wildman–Crippen LogP) is 8.04. The molecule has 2 saturated heterocycles. The Morgan fingerprint density at radius 2 is 1.17 bits per heavy atom. The molecule has 310 valence electrons. The minimum atomic E-state index is -1.10. The number of imidazole rings is 2. The summed E-state index contributed by atoms with van der Waals surface area (Å²) in [4.78, 5) is 73.0. The number of hydrogen-bond donors (Lipinski definition) is 4. The summed E-state index contributed by atoms with van der Waals surface area (Å²) in [6.45, 7) is 9.21. The number of methoxy groups -OCH3 is 1. The third kappa shape index (κ3) is 8.75. The number of carbonyl (C=O) groups excluding carboxylic acids is 3. The Balaban J connectivity index is 1.12. The maximum Gasteiger partial charge on any atom is 0.407 e. The number of alkyl carbamates (subject to hydrolysis) is 1. The molecular formula is C44H58N8O6. The van der Waals surface area contributed by atoms with Gasteiger partial charge in [0.05, 0.1) is 43.0 Å². The van der Waals surface area contributed by atoms with Gasteiger partial charge in [0.25, 0.3) is 0 Å². The van der Waals surface area contributed by atoms with Crippen LogP contribution in [0.25, 0.3) is 33.6 Å². The Morgan fingerprint density at radius 3 is 1.59 bits per heavy atom. The van der Waals surface area contributed by atoms with Crippen molar-refractivity contribution in [2.24, 2.45) is 11.8 Å². The van der Waals surface area contributed by atoms with Crippen LogP contribution in [0.1, 0.15) is 103 Å². The van der Waals surface area contributed by atoms with Crippen molar-refractivity contribution < 1.29 is 29.0 Å². The minimum absolute atomic E-state index is 0.00563. The molecule has 58 heavy (non-hydrogen) atoms. The first-order valence-electron chi connectivity index (χ1n) is 20.7. The van der Waals surface area contributed by atoms with Gasteiger partial charge in [-0.25, -0.2) is 19.6 Å². The lowest BCUT2D eigenvalue weighted by Crippen LogP contribution is -2.52. The van der Waals surface area contributed by atoms with Gasteiger partial charge in [-0.15, -0.1) is 0 Å².